The van der Waals surface area contributed by atoms with Crippen molar-refractivity contribution < 1.29 is 9.90 Å². The first-order valence-corrected chi connectivity index (χ1v) is 4.18. The minimum absolute atomic E-state index is 0.0637. The normalized spacial score (nSPS) is 48.1. The van der Waals surface area contributed by atoms with Crippen LogP contribution in [0.2, 0.25) is 0 Å². The molecule has 2 aliphatic rings. The van der Waals surface area contributed by atoms with Crippen molar-refractivity contribution in [3.8, 4) is 0 Å². The van der Waals surface area contributed by atoms with Gasteiger partial charge in [0.05, 0.1) is 5.92 Å². The maximum atomic E-state index is 10.7. The summed E-state index contributed by atoms with van der Waals surface area (Å²) in [5.74, 6) is -0.0490. The van der Waals surface area contributed by atoms with Crippen LogP contribution in [0.25, 0.3) is 0 Å². The standard InChI is InChI=1S/C8H13NO2/c9-7-5-2-1-4(3-5)6(7)8(10)11/h4-7H,1-3,9H2,(H,10,11)/t4-,5+,6-,7+/m1/s1. The van der Waals surface area contributed by atoms with Gasteiger partial charge >= 0.3 is 5.97 Å². The molecule has 2 aliphatic carbocycles. The number of carboxylic acid groups (broad SMARTS) is 1. The van der Waals surface area contributed by atoms with Crippen molar-refractivity contribution in [1.82, 2.24) is 0 Å². The number of aliphatic carboxylic acids is 1. The van der Waals surface area contributed by atoms with Crippen LogP contribution in [-0.4, -0.2) is 17.1 Å². The molecule has 0 aliphatic heterocycles. The van der Waals surface area contributed by atoms with Crippen molar-refractivity contribution >= 4 is 5.97 Å². The molecule has 0 aromatic rings. The molecule has 2 saturated carbocycles. The number of carbonyl (C=O) groups is 1. The van der Waals surface area contributed by atoms with E-state index in [0.29, 0.717) is 11.8 Å². The first-order chi connectivity index (χ1) is 5.20. The molecule has 2 rings (SSSR count). The zero-order chi connectivity index (χ0) is 8.01. The lowest BCUT2D eigenvalue weighted by molar-refractivity contribution is -0.144. The van der Waals surface area contributed by atoms with Gasteiger partial charge < -0.3 is 10.8 Å². The molecule has 0 radical (unpaired) electrons. The second kappa shape index (κ2) is 2.21. The lowest BCUT2D eigenvalue weighted by Crippen LogP contribution is -2.40. The number of hydrogen-bond donors (Lipinski definition) is 2. The summed E-state index contributed by atoms with van der Waals surface area (Å²) in [5, 5.41) is 8.83. The smallest absolute Gasteiger partial charge is 0.308 e. The van der Waals surface area contributed by atoms with Gasteiger partial charge in [0.25, 0.3) is 0 Å². The molecule has 0 saturated heterocycles. The highest BCUT2D eigenvalue weighted by Crippen LogP contribution is 2.47. The Morgan fingerprint density at radius 2 is 2.00 bits per heavy atom. The number of hydrogen-bond acceptors (Lipinski definition) is 2. The van der Waals surface area contributed by atoms with E-state index in [1.54, 1.807) is 0 Å². The van der Waals surface area contributed by atoms with Crippen LogP contribution in [-0.2, 0) is 4.79 Å². The molecule has 0 aromatic heterocycles. The summed E-state index contributed by atoms with van der Waals surface area (Å²) in [5.41, 5.74) is 5.78. The largest absolute Gasteiger partial charge is 0.481 e. The maximum absolute atomic E-state index is 10.7. The average molecular weight is 155 g/mol. The number of nitrogens with two attached hydrogens (primary N) is 1. The van der Waals surface area contributed by atoms with E-state index in [-0.39, 0.29) is 12.0 Å². The van der Waals surface area contributed by atoms with Crippen molar-refractivity contribution in [3.05, 3.63) is 0 Å². The zero-order valence-corrected chi connectivity index (χ0v) is 6.36. The van der Waals surface area contributed by atoms with Crippen LogP contribution in [0, 0.1) is 17.8 Å². The van der Waals surface area contributed by atoms with Crippen molar-refractivity contribution in [1.29, 1.82) is 0 Å². The highest BCUT2D eigenvalue weighted by atomic mass is 16.4. The van der Waals surface area contributed by atoms with Gasteiger partial charge in [-0.3, -0.25) is 4.79 Å². The van der Waals surface area contributed by atoms with Gasteiger partial charge in [-0.15, -0.1) is 0 Å². The molecule has 3 heteroatoms. The van der Waals surface area contributed by atoms with Gasteiger partial charge in [-0.1, -0.05) is 0 Å². The Labute approximate surface area is 65.6 Å². The van der Waals surface area contributed by atoms with Gasteiger partial charge in [0.1, 0.15) is 0 Å². The molecule has 3 nitrogen and oxygen atoms in total. The molecule has 0 heterocycles. The van der Waals surface area contributed by atoms with E-state index >= 15 is 0 Å². The summed E-state index contributed by atoms with van der Waals surface area (Å²) in [6, 6.07) is -0.0637. The van der Waals surface area contributed by atoms with Gasteiger partial charge in [0.2, 0.25) is 0 Å². The van der Waals surface area contributed by atoms with Gasteiger partial charge in [0, 0.05) is 6.04 Å². The molecular weight excluding hydrogens is 142 g/mol. The summed E-state index contributed by atoms with van der Waals surface area (Å²) in [7, 11) is 0. The predicted molar refractivity (Wildman–Crippen MR) is 39.9 cm³/mol. The Morgan fingerprint density at radius 1 is 1.36 bits per heavy atom. The molecule has 0 aromatic carbocycles. The van der Waals surface area contributed by atoms with Crippen molar-refractivity contribution in [3.63, 3.8) is 0 Å². The Morgan fingerprint density at radius 3 is 2.36 bits per heavy atom. The van der Waals surface area contributed by atoms with Crippen LogP contribution in [0.4, 0.5) is 0 Å². The molecule has 2 bridgehead atoms. The van der Waals surface area contributed by atoms with Crippen LogP contribution in [0.15, 0.2) is 0 Å². The van der Waals surface area contributed by atoms with Crippen LogP contribution < -0.4 is 5.73 Å². The van der Waals surface area contributed by atoms with Crippen molar-refractivity contribution in [2.24, 2.45) is 23.5 Å². The number of carboxylic acids is 1. The maximum Gasteiger partial charge on any atom is 0.308 e. The molecule has 0 spiro atoms. The minimum Gasteiger partial charge on any atom is -0.481 e. The third-order valence-corrected chi connectivity index (χ3v) is 3.27. The Hall–Kier alpha value is -0.570. The van der Waals surface area contributed by atoms with E-state index < -0.39 is 5.97 Å². The van der Waals surface area contributed by atoms with Crippen LogP contribution >= 0.6 is 0 Å². The molecule has 0 amide bonds. The molecule has 62 valence electrons. The van der Waals surface area contributed by atoms with Gasteiger partial charge in [0.15, 0.2) is 0 Å². The number of rotatable bonds is 1. The van der Waals surface area contributed by atoms with Crippen LogP contribution in [0.5, 0.6) is 0 Å². The third-order valence-electron chi connectivity index (χ3n) is 3.27. The van der Waals surface area contributed by atoms with E-state index in [0.717, 1.165) is 19.3 Å². The van der Waals surface area contributed by atoms with Crippen LogP contribution in [0.3, 0.4) is 0 Å². The lowest BCUT2D eigenvalue weighted by Gasteiger charge is -2.23. The number of fused-ring (bicyclic) bond motifs is 2. The third kappa shape index (κ3) is 0.872. The van der Waals surface area contributed by atoms with E-state index in [1.807, 2.05) is 0 Å². The molecule has 11 heavy (non-hydrogen) atoms. The Bertz CT molecular complexity index is 191. The summed E-state index contributed by atoms with van der Waals surface area (Å²) in [6.45, 7) is 0. The summed E-state index contributed by atoms with van der Waals surface area (Å²) < 4.78 is 0. The topological polar surface area (TPSA) is 63.3 Å². The van der Waals surface area contributed by atoms with Gasteiger partial charge in [-0.2, -0.15) is 0 Å². The fourth-order valence-corrected chi connectivity index (χ4v) is 2.70. The molecular formula is C8H13NO2. The quantitative estimate of drug-likeness (QED) is 0.577. The summed E-state index contributed by atoms with van der Waals surface area (Å²) in [6.07, 6.45) is 3.28. The summed E-state index contributed by atoms with van der Waals surface area (Å²) >= 11 is 0. The van der Waals surface area contributed by atoms with Crippen molar-refractivity contribution in [2.75, 3.05) is 0 Å². The second-order valence-corrected chi connectivity index (χ2v) is 3.77. The molecule has 4 atom stereocenters. The van der Waals surface area contributed by atoms with E-state index in [4.69, 9.17) is 10.8 Å². The van der Waals surface area contributed by atoms with Gasteiger partial charge in [-0.25, -0.2) is 0 Å². The predicted octanol–water partition coefficient (Wildman–Crippen LogP) is 0.444. The average Bonchev–Trinajstić information content (AvgIpc) is 2.44. The second-order valence-electron chi connectivity index (χ2n) is 3.77. The molecule has 3 N–H and O–H groups in total. The fraction of sp³-hybridized carbons (Fsp3) is 0.875. The van der Waals surface area contributed by atoms with Crippen LogP contribution in [0.1, 0.15) is 19.3 Å². The highest BCUT2D eigenvalue weighted by molar-refractivity contribution is 5.72. The fourth-order valence-electron chi connectivity index (χ4n) is 2.70. The SMILES string of the molecule is N[C@H]1[C@H]2CC[C@H](C2)[C@H]1C(=O)O. The van der Waals surface area contributed by atoms with Gasteiger partial charge in [-0.05, 0) is 31.1 Å². The van der Waals surface area contributed by atoms with E-state index in [1.165, 1.54) is 0 Å². The van der Waals surface area contributed by atoms with E-state index in [9.17, 15) is 4.79 Å². The minimum atomic E-state index is -0.690. The molecule has 0 unspecified atom stereocenters. The monoisotopic (exact) mass is 155 g/mol. The zero-order valence-electron chi connectivity index (χ0n) is 6.36. The Kier molecular flexibility index (Phi) is 1.42. The first kappa shape index (κ1) is 7.10. The first-order valence-electron chi connectivity index (χ1n) is 4.18. The lowest BCUT2D eigenvalue weighted by atomic mass is 9.85. The van der Waals surface area contributed by atoms with Crippen molar-refractivity contribution in [2.45, 2.75) is 25.3 Å². The Balaban J connectivity index is 2.17. The molecule has 2 fully saturated rings. The summed E-state index contributed by atoms with van der Waals surface area (Å²) in [4.78, 5) is 10.7. The highest BCUT2D eigenvalue weighted by Gasteiger charge is 2.49. The van der Waals surface area contributed by atoms with E-state index in [2.05, 4.69) is 0 Å².